The number of nitrogens with zero attached hydrogens (tertiary/aromatic N) is 2. The van der Waals surface area contributed by atoms with Gasteiger partial charge in [-0.15, -0.1) is 0 Å². The Kier molecular flexibility index (Phi) is 3.17. The van der Waals surface area contributed by atoms with Gasteiger partial charge in [0, 0.05) is 24.6 Å². The summed E-state index contributed by atoms with van der Waals surface area (Å²) in [5.74, 6) is 0. The zero-order valence-electron chi connectivity index (χ0n) is 9.31. The zero-order valence-corrected chi connectivity index (χ0v) is 10.9. The molecular weight excluding hydrogens is 286 g/mol. The fourth-order valence-electron chi connectivity index (χ4n) is 1.81. The highest BCUT2D eigenvalue weighted by Gasteiger charge is 2.10. The Morgan fingerprint density at radius 3 is 2.71 bits per heavy atom. The van der Waals surface area contributed by atoms with E-state index in [1.807, 2.05) is 0 Å². The molecule has 1 aromatic carbocycles. The quantitative estimate of drug-likeness (QED) is 0.873. The van der Waals surface area contributed by atoms with Gasteiger partial charge in [-0.3, -0.25) is 13.9 Å². The molecule has 0 amide bonds. The smallest absolute Gasteiger partial charge is 0.329 e. The first-order valence-electron chi connectivity index (χ1n) is 5.15. The maximum Gasteiger partial charge on any atom is 0.331 e. The number of hydrogen-bond acceptors (Lipinski definition) is 3. The van der Waals surface area contributed by atoms with Crippen LogP contribution in [-0.4, -0.2) is 15.7 Å². The number of benzene rings is 1. The van der Waals surface area contributed by atoms with Crippen LogP contribution in [0.25, 0.3) is 10.9 Å². The topological polar surface area (TPSA) is 70.0 Å². The van der Waals surface area contributed by atoms with Gasteiger partial charge in [-0.1, -0.05) is 15.9 Å². The number of hydrogen-bond donors (Lipinski definition) is 1. The third-order valence-corrected chi connectivity index (χ3v) is 3.16. The van der Waals surface area contributed by atoms with E-state index in [2.05, 4.69) is 15.9 Å². The summed E-state index contributed by atoms with van der Waals surface area (Å²) in [5.41, 5.74) is 5.39. The maximum absolute atomic E-state index is 12.1. The Balaban J connectivity index is 2.96. The van der Waals surface area contributed by atoms with Crippen LogP contribution in [0.4, 0.5) is 0 Å². The van der Waals surface area contributed by atoms with E-state index in [0.717, 1.165) is 9.04 Å². The second-order valence-electron chi connectivity index (χ2n) is 3.75. The van der Waals surface area contributed by atoms with Crippen LogP contribution in [-0.2, 0) is 13.6 Å². The summed E-state index contributed by atoms with van der Waals surface area (Å²) in [4.78, 5) is 24.1. The van der Waals surface area contributed by atoms with Crippen LogP contribution < -0.4 is 17.0 Å². The van der Waals surface area contributed by atoms with E-state index >= 15 is 0 Å². The van der Waals surface area contributed by atoms with Crippen molar-refractivity contribution in [2.75, 3.05) is 6.54 Å². The van der Waals surface area contributed by atoms with Gasteiger partial charge in [0.1, 0.15) is 0 Å². The Labute approximate surface area is 106 Å². The molecule has 0 radical (unpaired) electrons. The van der Waals surface area contributed by atoms with Crippen LogP contribution in [0.1, 0.15) is 0 Å². The van der Waals surface area contributed by atoms with Crippen molar-refractivity contribution in [1.82, 2.24) is 9.13 Å². The van der Waals surface area contributed by atoms with E-state index in [-0.39, 0.29) is 24.3 Å². The fourth-order valence-corrected chi connectivity index (χ4v) is 2.18. The molecule has 0 unspecified atom stereocenters. The molecule has 5 nitrogen and oxygen atoms in total. The molecule has 0 bridgehead atoms. The van der Waals surface area contributed by atoms with Crippen molar-refractivity contribution in [3.63, 3.8) is 0 Å². The number of rotatable bonds is 2. The summed E-state index contributed by atoms with van der Waals surface area (Å²) < 4.78 is 3.42. The number of nitrogens with two attached hydrogens (primary N) is 1. The molecule has 17 heavy (non-hydrogen) atoms. The summed E-state index contributed by atoms with van der Waals surface area (Å²) in [6.45, 7) is 0.489. The fraction of sp³-hybridized carbons (Fsp3) is 0.273. The van der Waals surface area contributed by atoms with Crippen molar-refractivity contribution >= 4 is 26.8 Å². The average Bonchev–Trinajstić information content (AvgIpc) is 2.32. The highest BCUT2D eigenvalue weighted by Crippen LogP contribution is 2.15. The van der Waals surface area contributed by atoms with Crippen LogP contribution in [0.3, 0.4) is 0 Å². The molecule has 2 rings (SSSR count). The Hall–Kier alpha value is -1.40. The summed E-state index contributed by atoms with van der Waals surface area (Å²) >= 11 is 3.31. The van der Waals surface area contributed by atoms with Gasteiger partial charge in [0.15, 0.2) is 0 Å². The minimum atomic E-state index is -0.338. The minimum absolute atomic E-state index is 0.230. The monoisotopic (exact) mass is 297 g/mol. The van der Waals surface area contributed by atoms with Crippen LogP contribution in [0, 0.1) is 0 Å². The normalized spacial score (nSPS) is 11.0. The second kappa shape index (κ2) is 4.46. The number of aryl methyl sites for hydroxylation is 1. The van der Waals surface area contributed by atoms with Crippen molar-refractivity contribution in [3.05, 3.63) is 43.5 Å². The lowest BCUT2D eigenvalue weighted by Crippen LogP contribution is -2.40. The first-order chi connectivity index (χ1) is 8.06. The standard InChI is InChI=1S/C11H12BrN3O2/c1-14-9-3-2-7(12)6-8(9)10(16)15(5-4-13)11(14)17/h2-3,6H,4-5,13H2,1H3. The molecule has 2 N–H and O–H groups in total. The molecule has 0 spiro atoms. The van der Waals surface area contributed by atoms with Gasteiger partial charge in [0.05, 0.1) is 10.9 Å². The molecule has 0 saturated carbocycles. The highest BCUT2D eigenvalue weighted by molar-refractivity contribution is 9.10. The van der Waals surface area contributed by atoms with Gasteiger partial charge < -0.3 is 5.73 Å². The molecule has 0 atom stereocenters. The van der Waals surface area contributed by atoms with Crippen LogP contribution in [0.2, 0.25) is 0 Å². The number of halogens is 1. The van der Waals surface area contributed by atoms with Crippen LogP contribution in [0.15, 0.2) is 32.3 Å². The number of fused-ring (bicyclic) bond motifs is 1. The molecule has 0 saturated heterocycles. The van der Waals surface area contributed by atoms with Crippen molar-refractivity contribution in [2.45, 2.75) is 6.54 Å². The third-order valence-electron chi connectivity index (χ3n) is 2.67. The summed E-state index contributed by atoms with van der Waals surface area (Å²) in [5, 5.41) is 0.509. The zero-order chi connectivity index (χ0) is 12.6. The minimum Gasteiger partial charge on any atom is -0.329 e. The lowest BCUT2D eigenvalue weighted by molar-refractivity contribution is 0.613. The van der Waals surface area contributed by atoms with Crippen molar-refractivity contribution in [2.24, 2.45) is 12.8 Å². The van der Waals surface area contributed by atoms with Gasteiger partial charge in [-0.05, 0) is 18.2 Å². The van der Waals surface area contributed by atoms with Crippen molar-refractivity contribution in [3.8, 4) is 0 Å². The lowest BCUT2D eigenvalue weighted by Gasteiger charge is -2.09. The van der Waals surface area contributed by atoms with Crippen molar-refractivity contribution < 1.29 is 0 Å². The van der Waals surface area contributed by atoms with Gasteiger partial charge >= 0.3 is 5.69 Å². The van der Waals surface area contributed by atoms with Crippen LogP contribution in [0.5, 0.6) is 0 Å². The molecular formula is C11H12BrN3O2. The summed E-state index contributed by atoms with van der Waals surface area (Å²) in [6.07, 6.45) is 0. The van der Waals surface area contributed by atoms with E-state index in [0.29, 0.717) is 10.9 Å². The molecule has 0 aliphatic rings. The lowest BCUT2D eigenvalue weighted by atomic mass is 10.2. The second-order valence-corrected chi connectivity index (χ2v) is 4.66. The highest BCUT2D eigenvalue weighted by atomic mass is 79.9. The third kappa shape index (κ3) is 1.94. The Morgan fingerprint density at radius 2 is 2.06 bits per heavy atom. The predicted octanol–water partition coefficient (Wildman–Crippen LogP) is 0.421. The van der Waals surface area contributed by atoms with E-state index in [1.54, 1.807) is 25.2 Å². The van der Waals surface area contributed by atoms with E-state index in [4.69, 9.17) is 5.73 Å². The molecule has 2 aromatic rings. The largest absolute Gasteiger partial charge is 0.331 e. The predicted molar refractivity (Wildman–Crippen MR) is 70.2 cm³/mol. The van der Waals surface area contributed by atoms with Gasteiger partial charge in [0.2, 0.25) is 0 Å². The first kappa shape index (κ1) is 12.1. The van der Waals surface area contributed by atoms with Crippen LogP contribution >= 0.6 is 15.9 Å². The summed E-state index contributed by atoms with van der Waals surface area (Å²) in [6, 6.07) is 5.26. The molecule has 0 fully saturated rings. The molecule has 1 heterocycles. The van der Waals surface area contributed by atoms with Gasteiger partial charge in [-0.25, -0.2) is 4.79 Å². The SMILES string of the molecule is Cn1c(=O)n(CCN)c(=O)c2cc(Br)ccc21. The molecule has 0 aliphatic heterocycles. The molecule has 90 valence electrons. The first-order valence-corrected chi connectivity index (χ1v) is 5.94. The summed E-state index contributed by atoms with van der Waals surface area (Å²) in [7, 11) is 1.64. The van der Waals surface area contributed by atoms with Gasteiger partial charge in [0.25, 0.3) is 5.56 Å². The molecule has 1 aromatic heterocycles. The van der Waals surface area contributed by atoms with E-state index < -0.39 is 0 Å². The van der Waals surface area contributed by atoms with E-state index in [9.17, 15) is 9.59 Å². The number of aromatic nitrogens is 2. The Morgan fingerprint density at radius 1 is 1.35 bits per heavy atom. The van der Waals surface area contributed by atoms with Crippen molar-refractivity contribution in [1.29, 1.82) is 0 Å². The molecule has 6 heteroatoms. The maximum atomic E-state index is 12.1. The van der Waals surface area contributed by atoms with E-state index in [1.165, 1.54) is 4.57 Å². The average molecular weight is 298 g/mol. The van der Waals surface area contributed by atoms with Gasteiger partial charge in [-0.2, -0.15) is 0 Å². The molecule has 0 aliphatic carbocycles. The Bertz CT molecular complexity index is 687.